The first kappa shape index (κ1) is 19.8. The van der Waals surface area contributed by atoms with Gasteiger partial charge < -0.3 is 10.2 Å². The lowest BCUT2D eigenvalue weighted by Gasteiger charge is -2.33. The lowest BCUT2D eigenvalue weighted by atomic mass is 9.86. The van der Waals surface area contributed by atoms with E-state index in [9.17, 15) is 4.79 Å². The first-order chi connectivity index (χ1) is 14.2. The van der Waals surface area contributed by atoms with Gasteiger partial charge in [0.15, 0.2) is 0 Å². The number of carbonyl (C=O) groups excluding carboxylic acids is 1. The van der Waals surface area contributed by atoms with Crippen molar-refractivity contribution in [3.63, 3.8) is 0 Å². The van der Waals surface area contributed by atoms with Crippen LogP contribution in [0.15, 0.2) is 72.3 Å². The monoisotopic (exact) mass is 406 g/mol. The molecule has 0 bridgehead atoms. The number of amides is 1. The van der Waals surface area contributed by atoms with Gasteiger partial charge >= 0.3 is 0 Å². The molecule has 150 valence electrons. The summed E-state index contributed by atoms with van der Waals surface area (Å²) in [5.74, 6) is 0.731. The molecule has 4 rings (SSSR count). The summed E-state index contributed by atoms with van der Waals surface area (Å²) in [6.07, 6.45) is 11.3. The standard InChI is InChI=1S/C25H27ClN2O/c26-23-11-9-19(10-12-23)18-27-24-8-4-7-22(17-24)25(29)28-15-13-21(14-16-28)20-5-2-1-3-6-20/h2,4-12,17,21,27H,1,3,13-16,18H2. The molecule has 2 aromatic carbocycles. The fourth-order valence-electron chi connectivity index (χ4n) is 4.10. The molecule has 0 spiro atoms. The number of hydrogen-bond donors (Lipinski definition) is 1. The van der Waals surface area contributed by atoms with Crippen LogP contribution in [0.5, 0.6) is 0 Å². The third-order valence-electron chi connectivity index (χ3n) is 5.80. The number of hydrogen-bond acceptors (Lipinski definition) is 2. The quantitative estimate of drug-likeness (QED) is 0.652. The van der Waals surface area contributed by atoms with Crippen LogP contribution in [0.3, 0.4) is 0 Å². The van der Waals surface area contributed by atoms with Crippen LogP contribution in [0.4, 0.5) is 5.69 Å². The van der Waals surface area contributed by atoms with E-state index in [0.29, 0.717) is 12.5 Å². The molecule has 2 aromatic rings. The number of halogens is 1. The summed E-state index contributed by atoms with van der Waals surface area (Å²) in [5.41, 5.74) is 4.33. The average Bonchev–Trinajstić information content (AvgIpc) is 2.79. The smallest absolute Gasteiger partial charge is 0.253 e. The molecule has 1 amide bonds. The largest absolute Gasteiger partial charge is 0.381 e. The molecule has 0 unspecified atom stereocenters. The molecule has 29 heavy (non-hydrogen) atoms. The number of likely N-dealkylation sites (tertiary alicyclic amines) is 1. The molecule has 0 saturated carbocycles. The Hall–Kier alpha value is -2.52. The number of carbonyl (C=O) groups is 1. The number of allylic oxidation sites excluding steroid dienone is 4. The Morgan fingerprint density at radius 2 is 1.86 bits per heavy atom. The number of nitrogens with one attached hydrogen (secondary N) is 1. The van der Waals surface area contributed by atoms with E-state index in [1.54, 1.807) is 0 Å². The summed E-state index contributed by atoms with van der Waals surface area (Å²) in [6.45, 7) is 2.36. The molecule has 1 saturated heterocycles. The Kier molecular flexibility index (Phi) is 6.36. The van der Waals surface area contributed by atoms with Crippen molar-refractivity contribution in [2.45, 2.75) is 32.2 Å². The van der Waals surface area contributed by atoms with Crippen LogP contribution >= 0.6 is 11.6 Å². The second-order valence-electron chi connectivity index (χ2n) is 7.81. The first-order valence-electron chi connectivity index (χ1n) is 10.4. The third-order valence-corrected chi connectivity index (χ3v) is 6.05. The van der Waals surface area contributed by atoms with E-state index in [4.69, 9.17) is 11.6 Å². The molecule has 4 heteroatoms. The van der Waals surface area contributed by atoms with Crippen LogP contribution in [0.2, 0.25) is 5.02 Å². The minimum Gasteiger partial charge on any atom is -0.381 e. The Morgan fingerprint density at radius 3 is 2.59 bits per heavy atom. The predicted molar refractivity (Wildman–Crippen MR) is 120 cm³/mol. The van der Waals surface area contributed by atoms with Gasteiger partial charge in [-0.3, -0.25) is 4.79 Å². The number of rotatable bonds is 5. The van der Waals surface area contributed by atoms with Crippen molar-refractivity contribution in [1.29, 1.82) is 0 Å². The molecule has 0 aromatic heterocycles. The second-order valence-corrected chi connectivity index (χ2v) is 8.25. The van der Waals surface area contributed by atoms with E-state index in [0.717, 1.165) is 60.6 Å². The van der Waals surface area contributed by atoms with Gasteiger partial charge in [-0.2, -0.15) is 0 Å². The summed E-state index contributed by atoms with van der Waals surface area (Å²) >= 11 is 5.94. The van der Waals surface area contributed by atoms with Gasteiger partial charge in [0.25, 0.3) is 5.91 Å². The minimum atomic E-state index is 0.131. The predicted octanol–water partition coefficient (Wildman–Crippen LogP) is 6.08. The summed E-state index contributed by atoms with van der Waals surface area (Å²) in [4.78, 5) is 15.0. The third kappa shape index (κ3) is 5.10. The molecule has 3 nitrogen and oxygen atoms in total. The van der Waals surface area contributed by atoms with Gasteiger partial charge in [-0.25, -0.2) is 0 Å². The van der Waals surface area contributed by atoms with E-state index in [1.165, 1.54) is 5.57 Å². The van der Waals surface area contributed by atoms with Gasteiger partial charge in [-0.1, -0.05) is 48.0 Å². The van der Waals surface area contributed by atoms with E-state index in [2.05, 4.69) is 23.5 Å². The van der Waals surface area contributed by atoms with Crippen molar-refractivity contribution in [1.82, 2.24) is 4.90 Å². The van der Waals surface area contributed by atoms with Crippen molar-refractivity contribution < 1.29 is 4.79 Å². The molecule has 1 aliphatic carbocycles. The molecule has 1 fully saturated rings. The van der Waals surface area contributed by atoms with Gasteiger partial charge in [0.1, 0.15) is 0 Å². The average molecular weight is 407 g/mol. The molecule has 0 radical (unpaired) electrons. The van der Waals surface area contributed by atoms with Gasteiger partial charge in [0.2, 0.25) is 0 Å². The van der Waals surface area contributed by atoms with Crippen molar-refractivity contribution in [2.75, 3.05) is 18.4 Å². The van der Waals surface area contributed by atoms with E-state index < -0.39 is 0 Å². The zero-order valence-electron chi connectivity index (χ0n) is 16.6. The Morgan fingerprint density at radius 1 is 1.07 bits per heavy atom. The maximum Gasteiger partial charge on any atom is 0.253 e. The molecular formula is C25H27ClN2O. The van der Waals surface area contributed by atoms with Gasteiger partial charge in [-0.05, 0) is 73.1 Å². The van der Waals surface area contributed by atoms with Crippen molar-refractivity contribution in [2.24, 2.45) is 5.92 Å². The number of nitrogens with zero attached hydrogens (tertiary/aromatic N) is 1. The highest BCUT2D eigenvalue weighted by molar-refractivity contribution is 6.30. The maximum absolute atomic E-state index is 13.0. The molecule has 1 heterocycles. The van der Waals surface area contributed by atoms with Crippen LogP contribution in [0.1, 0.15) is 41.6 Å². The lowest BCUT2D eigenvalue weighted by molar-refractivity contribution is 0.0703. The van der Waals surface area contributed by atoms with Crippen molar-refractivity contribution in [3.05, 3.63) is 88.5 Å². The topological polar surface area (TPSA) is 32.3 Å². The summed E-state index contributed by atoms with van der Waals surface area (Å²) in [6, 6.07) is 15.6. The van der Waals surface area contributed by atoms with Crippen LogP contribution < -0.4 is 5.32 Å². The van der Waals surface area contributed by atoms with Crippen LogP contribution in [-0.2, 0) is 6.54 Å². The van der Waals surface area contributed by atoms with Crippen LogP contribution in [-0.4, -0.2) is 23.9 Å². The highest BCUT2D eigenvalue weighted by Crippen LogP contribution is 2.29. The Balaban J connectivity index is 1.34. The first-order valence-corrected chi connectivity index (χ1v) is 10.8. The number of anilines is 1. The van der Waals surface area contributed by atoms with Gasteiger partial charge in [0, 0.05) is 35.9 Å². The lowest BCUT2D eigenvalue weighted by Crippen LogP contribution is -2.38. The Labute approximate surface area is 178 Å². The molecule has 1 aliphatic heterocycles. The van der Waals surface area contributed by atoms with E-state index in [1.807, 2.05) is 53.4 Å². The Bertz CT molecular complexity index is 909. The van der Waals surface area contributed by atoms with E-state index in [-0.39, 0.29) is 5.91 Å². The fraction of sp³-hybridized carbons (Fsp3) is 0.320. The van der Waals surface area contributed by atoms with Crippen LogP contribution in [0.25, 0.3) is 0 Å². The molecule has 0 atom stereocenters. The summed E-state index contributed by atoms with van der Waals surface area (Å²) in [5, 5.41) is 4.14. The summed E-state index contributed by atoms with van der Waals surface area (Å²) in [7, 11) is 0. The molecule has 2 aliphatic rings. The molecular weight excluding hydrogens is 380 g/mol. The number of piperidine rings is 1. The zero-order chi connectivity index (χ0) is 20.1. The second kappa shape index (κ2) is 9.32. The SMILES string of the molecule is O=C(c1cccc(NCc2ccc(Cl)cc2)c1)N1CCC(C2=CCCC=C2)CC1. The van der Waals surface area contributed by atoms with Crippen molar-refractivity contribution in [3.8, 4) is 0 Å². The highest BCUT2D eigenvalue weighted by Gasteiger charge is 2.25. The van der Waals surface area contributed by atoms with E-state index >= 15 is 0 Å². The zero-order valence-corrected chi connectivity index (χ0v) is 17.4. The number of benzene rings is 2. The normalized spacial score (nSPS) is 17.1. The minimum absolute atomic E-state index is 0.131. The molecule has 1 N–H and O–H groups in total. The van der Waals surface area contributed by atoms with Crippen molar-refractivity contribution >= 4 is 23.2 Å². The van der Waals surface area contributed by atoms with Gasteiger partial charge in [-0.15, -0.1) is 0 Å². The van der Waals surface area contributed by atoms with Crippen LogP contribution in [0, 0.1) is 5.92 Å². The maximum atomic E-state index is 13.0. The fourth-order valence-corrected chi connectivity index (χ4v) is 4.23. The summed E-state index contributed by atoms with van der Waals surface area (Å²) < 4.78 is 0. The highest BCUT2D eigenvalue weighted by atomic mass is 35.5. The van der Waals surface area contributed by atoms with Gasteiger partial charge in [0.05, 0.1) is 0 Å².